The number of aliphatic hydroxyl groups excluding tert-OH is 1. The fraction of sp³-hybridized carbons (Fsp3) is 0.211. The van der Waals surface area contributed by atoms with Crippen LogP contribution in [0.5, 0.6) is 17.2 Å². The number of aliphatic hydroxyl groups is 1. The average Bonchev–Trinajstić information content (AvgIpc) is 3.03. The highest BCUT2D eigenvalue weighted by molar-refractivity contribution is 6.31. The number of halogens is 1. The van der Waals surface area contributed by atoms with Gasteiger partial charge in [-0.2, -0.15) is 0 Å². The molecule has 0 aliphatic heterocycles. The molecule has 3 rings (SSSR count). The van der Waals surface area contributed by atoms with Crippen LogP contribution in [0.15, 0.2) is 42.5 Å². The molecule has 1 atom stereocenters. The highest BCUT2D eigenvalue weighted by Crippen LogP contribution is 2.41. The van der Waals surface area contributed by atoms with Crippen LogP contribution in [0.4, 0.5) is 0 Å². The number of carbonyl (C=O) groups is 1. The Balaban J connectivity index is 2.07. The average molecular weight is 404 g/mol. The molecule has 8 nitrogen and oxygen atoms in total. The summed E-state index contributed by atoms with van der Waals surface area (Å²) in [4.78, 5) is 13.1. The molecule has 0 amide bonds. The number of aromatic nitrogens is 3. The van der Waals surface area contributed by atoms with Crippen molar-refractivity contribution in [2.24, 2.45) is 0 Å². The molecule has 2 N–H and O–H groups in total. The first-order valence-corrected chi connectivity index (χ1v) is 8.71. The lowest BCUT2D eigenvalue weighted by Gasteiger charge is -2.16. The van der Waals surface area contributed by atoms with Gasteiger partial charge in [-0.15, -0.1) is 15.0 Å². The number of fused-ring (bicyclic) bond motifs is 1. The van der Waals surface area contributed by atoms with E-state index in [2.05, 4.69) is 16.8 Å². The number of ether oxygens (including phenoxy) is 2. The summed E-state index contributed by atoms with van der Waals surface area (Å²) in [5.41, 5.74) is 1.49. The van der Waals surface area contributed by atoms with E-state index in [9.17, 15) is 15.0 Å². The van der Waals surface area contributed by atoms with Gasteiger partial charge < -0.3 is 19.7 Å². The molecule has 0 saturated heterocycles. The van der Waals surface area contributed by atoms with E-state index in [4.69, 9.17) is 21.1 Å². The van der Waals surface area contributed by atoms with Crippen LogP contribution in [0.1, 0.15) is 13.8 Å². The van der Waals surface area contributed by atoms with Crippen LogP contribution >= 0.6 is 11.6 Å². The number of esters is 1. The van der Waals surface area contributed by atoms with Crippen molar-refractivity contribution in [1.82, 2.24) is 15.0 Å². The van der Waals surface area contributed by atoms with E-state index in [-0.39, 0.29) is 35.1 Å². The third kappa shape index (κ3) is 4.08. The number of carbonyl (C=O) groups excluding carboxylic acids is 1. The highest BCUT2D eigenvalue weighted by Gasteiger charge is 2.21. The van der Waals surface area contributed by atoms with E-state index in [1.54, 1.807) is 18.2 Å². The zero-order valence-corrected chi connectivity index (χ0v) is 16.0. The van der Waals surface area contributed by atoms with Gasteiger partial charge in [-0.25, -0.2) is 4.79 Å². The molecule has 3 aromatic rings. The van der Waals surface area contributed by atoms with Crippen molar-refractivity contribution in [2.75, 3.05) is 6.61 Å². The molecule has 1 unspecified atom stereocenters. The van der Waals surface area contributed by atoms with Gasteiger partial charge in [-0.05, 0) is 44.2 Å². The third-order valence-electron chi connectivity index (χ3n) is 3.65. The van der Waals surface area contributed by atoms with E-state index in [0.29, 0.717) is 16.1 Å². The molecular formula is C19H18ClN3O5. The fourth-order valence-electron chi connectivity index (χ4n) is 2.31. The van der Waals surface area contributed by atoms with Crippen LogP contribution in [0.2, 0.25) is 5.02 Å². The number of hydrogen-bond donors (Lipinski definition) is 2. The second-order valence-corrected chi connectivity index (χ2v) is 6.65. The van der Waals surface area contributed by atoms with Crippen LogP contribution < -0.4 is 9.47 Å². The summed E-state index contributed by atoms with van der Waals surface area (Å²) in [6, 6.07) is 7.94. The Morgan fingerprint density at radius 3 is 2.68 bits per heavy atom. The van der Waals surface area contributed by atoms with Crippen molar-refractivity contribution in [2.45, 2.75) is 20.0 Å². The molecule has 0 aliphatic rings. The van der Waals surface area contributed by atoms with E-state index in [0.717, 1.165) is 0 Å². The van der Waals surface area contributed by atoms with Crippen molar-refractivity contribution >= 4 is 28.6 Å². The number of rotatable bonds is 6. The summed E-state index contributed by atoms with van der Waals surface area (Å²) in [5, 5.41) is 29.3. The number of phenols is 1. The lowest BCUT2D eigenvalue weighted by Crippen LogP contribution is -2.15. The number of benzene rings is 2. The SMILES string of the molecule is C=C(C)C(=O)Oc1ccc(-n2nc3ccc(Cl)cc3n2)c(O)c1OCC(C)O. The maximum Gasteiger partial charge on any atom is 0.338 e. The van der Waals surface area contributed by atoms with Crippen molar-refractivity contribution in [1.29, 1.82) is 0 Å². The van der Waals surface area contributed by atoms with Crippen molar-refractivity contribution in [3.8, 4) is 22.9 Å². The van der Waals surface area contributed by atoms with Crippen molar-refractivity contribution in [3.05, 3.63) is 47.5 Å². The molecule has 0 radical (unpaired) electrons. The minimum absolute atomic E-state index is 0.0188. The Hall–Kier alpha value is -3.10. The molecule has 0 fully saturated rings. The van der Waals surface area contributed by atoms with Gasteiger partial charge in [0.25, 0.3) is 0 Å². The van der Waals surface area contributed by atoms with E-state index in [1.165, 1.54) is 30.8 Å². The maximum absolute atomic E-state index is 11.9. The number of aromatic hydroxyl groups is 1. The Bertz CT molecular complexity index is 1060. The molecule has 0 bridgehead atoms. The predicted molar refractivity (Wildman–Crippen MR) is 103 cm³/mol. The van der Waals surface area contributed by atoms with Gasteiger partial charge in [-0.3, -0.25) is 0 Å². The summed E-state index contributed by atoms with van der Waals surface area (Å²) < 4.78 is 10.7. The zero-order valence-electron chi connectivity index (χ0n) is 15.2. The zero-order chi connectivity index (χ0) is 20.4. The lowest BCUT2D eigenvalue weighted by molar-refractivity contribution is -0.130. The molecule has 2 aromatic carbocycles. The van der Waals surface area contributed by atoms with E-state index >= 15 is 0 Å². The smallest absolute Gasteiger partial charge is 0.338 e. The van der Waals surface area contributed by atoms with Crippen LogP contribution in [0.3, 0.4) is 0 Å². The van der Waals surface area contributed by atoms with Gasteiger partial charge in [0.15, 0.2) is 11.5 Å². The molecule has 1 aromatic heterocycles. The Labute approximate surface area is 165 Å². The van der Waals surface area contributed by atoms with E-state index in [1.807, 2.05) is 0 Å². The first-order valence-electron chi connectivity index (χ1n) is 8.33. The largest absolute Gasteiger partial charge is 0.503 e. The topological polar surface area (TPSA) is 107 Å². The van der Waals surface area contributed by atoms with Gasteiger partial charge in [-0.1, -0.05) is 18.2 Å². The summed E-state index contributed by atoms with van der Waals surface area (Å²) in [5.74, 6) is -1.16. The lowest BCUT2D eigenvalue weighted by atomic mass is 10.2. The van der Waals surface area contributed by atoms with E-state index < -0.39 is 12.1 Å². The summed E-state index contributed by atoms with van der Waals surface area (Å²) in [6.07, 6.45) is -0.805. The number of nitrogens with zero attached hydrogens (tertiary/aromatic N) is 3. The van der Waals surface area contributed by atoms with Gasteiger partial charge in [0, 0.05) is 10.6 Å². The van der Waals surface area contributed by atoms with Crippen LogP contribution in [-0.2, 0) is 4.79 Å². The van der Waals surface area contributed by atoms with Gasteiger partial charge in [0.05, 0.1) is 6.10 Å². The normalized spacial score (nSPS) is 12.0. The molecular weight excluding hydrogens is 386 g/mol. The fourth-order valence-corrected chi connectivity index (χ4v) is 2.48. The third-order valence-corrected chi connectivity index (χ3v) is 3.89. The number of hydrogen-bond acceptors (Lipinski definition) is 7. The molecule has 0 spiro atoms. The monoisotopic (exact) mass is 403 g/mol. The molecule has 146 valence electrons. The summed E-state index contributed by atoms with van der Waals surface area (Å²) >= 11 is 5.97. The molecule has 9 heteroatoms. The summed E-state index contributed by atoms with van der Waals surface area (Å²) in [6.45, 7) is 6.41. The minimum Gasteiger partial charge on any atom is -0.503 e. The maximum atomic E-state index is 11.9. The Morgan fingerprint density at radius 1 is 1.29 bits per heavy atom. The molecule has 0 aliphatic carbocycles. The van der Waals surface area contributed by atoms with Crippen LogP contribution in [0.25, 0.3) is 16.7 Å². The quantitative estimate of drug-likeness (QED) is 0.370. The van der Waals surface area contributed by atoms with Crippen LogP contribution in [0, 0.1) is 0 Å². The molecule has 0 saturated carbocycles. The standard InChI is InChI=1S/C19H18ClN3O5/c1-10(2)19(26)28-16-7-6-15(17(25)18(16)27-9-11(3)24)23-21-13-5-4-12(20)8-14(13)22-23/h4-8,11,24-25H,1,9H2,2-3H3. The molecule has 1 heterocycles. The second kappa shape index (κ2) is 7.87. The van der Waals surface area contributed by atoms with Gasteiger partial charge in [0.2, 0.25) is 5.75 Å². The Kier molecular flexibility index (Phi) is 5.53. The van der Waals surface area contributed by atoms with Crippen LogP contribution in [-0.4, -0.2) is 43.9 Å². The minimum atomic E-state index is -0.805. The van der Waals surface area contributed by atoms with Gasteiger partial charge >= 0.3 is 5.97 Å². The first-order chi connectivity index (χ1) is 13.3. The number of phenolic OH excluding ortho intramolecular Hbond substituents is 1. The first kappa shape index (κ1) is 19.7. The second-order valence-electron chi connectivity index (χ2n) is 6.21. The summed E-state index contributed by atoms with van der Waals surface area (Å²) in [7, 11) is 0. The molecule has 28 heavy (non-hydrogen) atoms. The highest BCUT2D eigenvalue weighted by atomic mass is 35.5. The van der Waals surface area contributed by atoms with Gasteiger partial charge in [0.1, 0.15) is 23.3 Å². The Morgan fingerprint density at radius 2 is 2.00 bits per heavy atom. The van der Waals surface area contributed by atoms with Crippen molar-refractivity contribution in [3.63, 3.8) is 0 Å². The van der Waals surface area contributed by atoms with Crippen molar-refractivity contribution < 1.29 is 24.5 Å². The predicted octanol–water partition coefficient (Wildman–Crippen LogP) is 3.02.